The highest BCUT2D eigenvalue weighted by atomic mass is 16.5. The Balaban J connectivity index is 2.20. The largest absolute Gasteiger partial charge is 0.481 e. The summed E-state index contributed by atoms with van der Waals surface area (Å²) >= 11 is 0. The number of nitrogens with zero attached hydrogens (tertiary/aromatic N) is 3. The van der Waals surface area contributed by atoms with Gasteiger partial charge in [-0.2, -0.15) is 5.10 Å². The number of hydrogen-bond donors (Lipinski definition) is 1. The first-order chi connectivity index (χ1) is 9.19. The van der Waals surface area contributed by atoms with Crippen molar-refractivity contribution in [1.29, 1.82) is 0 Å². The van der Waals surface area contributed by atoms with Crippen LogP contribution < -0.4 is 10.5 Å². The maximum Gasteiger partial charge on any atom is 0.221 e. The van der Waals surface area contributed by atoms with E-state index in [1.807, 2.05) is 37.4 Å². The second-order valence-electron chi connectivity index (χ2n) is 4.33. The molecule has 0 fully saturated rings. The fourth-order valence-corrected chi connectivity index (χ4v) is 2.09. The number of nitrogen functional groups attached to an aromatic ring is 1. The Morgan fingerprint density at radius 3 is 2.74 bits per heavy atom. The Kier molecular flexibility index (Phi) is 2.59. The summed E-state index contributed by atoms with van der Waals surface area (Å²) in [5.41, 5.74) is 7.64. The second kappa shape index (κ2) is 4.28. The van der Waals surface area contributed by atoms with Crippen molar-refractivity contribution in [2.75, 3.05) is 12.8 Å². The molecule has 2 heterocycles. The van der Waals surface area contributed by atoms with Gasteiger partial charge in [-0.3, -0.25) is 4.68 Å². The third-order valence-electron chi connectivity index (χ3n) is 3.13. The lowest BCUT2D eigenvalue weighted by Gasteiger charge is -2.05. The molecule has 0 saturated heterocycles. The number of rotatable bonds is 2. The Morgan fingerprint density at radius 1 is 1.21 bits per heavy atom. The van der Waals surface area contributed by atoms with E-state index >= 15 is 0 Å². The number of hydrogen-bond acceptors (Lipinski definition) is 4. The maximum atomic E-state index is 5.81. The lowest BCUT2D eigenvalue weighted by atomic mass is 10.1. The van der Waals surface area contributed by atoms with Crippen molar-refractivity contribution in [3.05, 3.63) is 36.5 Å². The summed E-state index contributed by atoms with van der Waals surface area (Å²) in [5.74, 6) is 1.25. The van der Waals surface area contributed by atoms with Crippen molar-refractivity contribution in [1.82, 2.24) is 14.8 Å². The van der Waals surface area contributed by atoms with Gasteiger partial charge in [-0.15, -0.1) is 0 Å². The number of pyridine rings is 1. The monoisotopic (exact) mass is 254 g/mol. The summed E-state index contributed by atoms with van der Waals surface area (Å²) in [7, 11) is 3.44. The molecule has 0 unspecified atom stereocenters. The fourth-order valence-electron chi connectivity index (χ4n) is 2.09. The van der Waals surface area contributed by atoms with Gasteiger partial charge in [0.25, 0.3) is 0 Å². The molecule has 0 aliphatic rings. The van der Waals surface area contributed by atoms with Crippen molar-refractivity contribution >= 4 is 16.6 Å². The Bertz CT molecular complexity index is 729. The van der Waals surface area contributed by atoms with Crippen LogP contribution >= 0.6 is 0 Å². The van der Waals surface area contributed by atoms with Crippen molar-refractivity contribution in [3.8, 4) is 17.1 Å². The van der Waals surface area contributed by atoms with E-state index in [0.717, 1.165) is 22.0 Å². The summed E-state index contributed by atoms with van der Waals surface area (Å²) in [6, 6.07) is 9.87. The third-order valence-corrected chi connectivity index (χ3v) is 3.13. The Labute approximate surface area is 110 Å². The molecular formula is C14H14N4O. The van der Waals surface area contributed by atoms with Crippen LogP contribution in [-0.4, -0.2) is 21.9 Å². The quantitative estimate of drug-likeness (QED) is 0.761. The normalized spacial score (nSPS) is 10.8. The topological polar surface area (TPSA) is 66.0 Å². The predicted octanol–water partition coefficient (Wildman–Crippen LogP) is 2.23. The average Bonchev–Trinajstić information content (AvgIpc) is 2.77. The molecule has 0 amide bonds. The lowest BCUT2D eigenvalue weighted by molar-refractivity contribution is 0.403. The molecule has 0 aliphatic carbocycles. The van der Waals surface area contributed by atoms with Gasteiger partial charge in [-0.25, -0.2) is 4.98 Å². The Hall–Kier alpha value is -2.56. The zero-order valence-corrected chi connectivity index (χ0v) is 10.8. The lowest BCUT2D eigenvalue weighted by Crippen LogP contribution is -1.96. The number of ether oxygens (including phenoxy) is 1. The first-order valence-corrected chi connectivity index (χ1v) is 5.91. The highest BCUT2D eigenvalue weighted by Gasteiger charge is 2.08. The van der Waals surface area contributed by atoms with E-state index < -0.39 is 0 Å². The molecule has 1 aromatic carbocycles. The molecule has 3 rings (SSSR count). The molecule has 19 heavy (non-hydrogen) atoms. The molecule has 2 N–H and O–H groups in total. The molecule has 0 bridgehead atoms. The summed E-state index contributed by atoms with van der Waals surface area (Å²) in [6.45, 7) is 0. The molecule has 3 aromatic rings. The summed E-state index contributed by atoms with van der Waals surface area (Å²) < 4.78 is 6.94. The molecular weight excluding hydrogens is 240 g/mol. The van der Waals surface area contributed by atoms with Gasteiger partial charge >= 0.3 is 0 Å². The minimum Gasteiger partial charge on any atom is -0.481 e. The van der Waals surface area contributed by atoms with Crippen molar-refractivity contribution in [3.63, 3.8) is 0 Å². The van der Waals surface area contributed by atoms with Crippen LogP contribution in [0.2, 0.25) is 0 Å². The molecule has 0 aliphatic heterocycles. The number of aryl methyl sites for hydroxylation is 1. The van der Waals surface area contributed by atoms with E-state index in [4.69, 9.17) is 10.5 Å². The molecule has 5 nitrogen and oxygen atoms in total. The predicted molar refractivity (Wildman–Crippen MR) is 74.9 cm³/mol. The van der Waals surface area contributed by atoms with Gasteiger partial charge in [0.2, 0.25) is 5.88 Å². The second-order valence-corrected chi connectivity index (χ2v) is 4.33. The number of aromatic nitrogens is 3. The van der Waals surface area contributed by atoms with E-state index in [1.165, 1.54) is 0 Å². The average molecular weight is 254 g/mol. The summed E-state index contributed by atoms with van der Waals surface area (Å²) in [4.78, 5) is 4.21. The molecule has 5 heteroatoms. The number of fused-ring (bicyclic) bond motifs is 1. The zero-order chi connectivity index (χ0) is 13.4. The smallest absolute Gasteiger partial charge is 0.221 e. The number of methoxy groups -OCH3 is 1. The van der Waals surface area contributed by atoms with Crippen LogP contribution in [0.15, 0.2) is 36.5 Å². The third kappa shape index (κ3) is 1.89. The summed E-state index contributed by atoms with van der Waals surface area (Å²) in [6.07, 6.45) is 1.74. The van der Waals surface area contributed by atoms with Crippen LogP contribution in [0.25, 0.3) is 22.0 Å². The minimum absolute atomic E-state index is 0.614. The van der Waals surface area contributed by atoms with E-state index in [1.54, 1.807) is 18.0 Å². The van der Waals surface area contributed by atoms with Crippen LogP contribution in [0.3, 0.4) is 0 Å². The number of benzene rings is 1. The first kappa shape index (κ1) is 11.5. The standard InChI is InChI=1S/C14H14N4O/c1-18-13(15)8-12(17-18)10-4-3-9-5-6-16-14(19-2)11(9)7-10/h3-8H,15H2,1-2H3. The summed E-state index contributed by atoms with van der Waals surface area (Å²) in [5, 5.41) is 6.42. The minimum atomic E-state index is 0.614. The van der Waals surface area contributed by atoms with Crippen LogP contribution in [0.1, 0.15) is 0 Å². The van der Waals surface area contributed by atoms with Gasteiger partial charge in [0.15, 0.2) is 0 Å². The van der Waals surface area contributed by atoms with Crippen LogP contribution in [-0.2, 0) is 7.05 Å². The van der Waals surface area contributed by atoms with E-state index in [9.17, 15) is 0 Å². The highest BCUT2D eigenvalue weighted by Crippen LogP contribution is 2.28. The van der Waals surface area contributed by atoms with Gasteiger partial charge in [-0.05, 0) is 17.5 Å². The molecule has 0 spiro atoms. The zero-order valence-electron chi connectivity index (χ0n) is 10.8. The number of nitrogens with two attached hydrogens (primary N) is 1. The first-order valence-electron chi connectivity index (χ1n) is 5.91. The van der Waals surface area contributed by atoms with Crippen molar-refractivity contribution in [2.45, 2.75) is 0 Å². The maximum absolute atomic E-state index is 5.81. The Morgan fingerprint density at radius 2 is 2.05 bits per heavy atom. The molecule has 0 radical (unpaired) electrons. The van der Waals surface area contributed by atoms with Gasteiger partial charge in [0.05, 0.1) is 12.8 Å². The van der Waals surface area contributed by atoms with Crippen LogP contribution in [0, 0.1) is 0 Å². The van der Waals surface area contributed by atoms with Crippen LogP contribution in [0.4, 0.5) is 5.82 Å². The van der Waals surface area contributed by atoms with E-state index in [2.05, 4.69) is 10.1 Å². The van der Waals surface area contributed by atoms with Gasteiger partial charge in [-0.1, -0.05) is 12.1 Å². The SMILES string of the molecule is COc1nccc2ccc(-c3cc(N)n(C)n3)cc12. The van der Waals surface area contributed by atoms with E-state index in [-0.39, 0.29) is 0 Å². The van der Waals surface area contributed by atoms with Gasteiger partial charge in [0, 0.05) is 30.3 Å². The van der Waals surface area contributed by atoms with Crippen molar-refractivity contribution in [2.24, 2.45) is 7.05 Å². The highest BCUT2D eigenvalue weighted by molar-refractivity contribution is 5.90. The molecule has 0 saturated carbocycles. The van der Waals surface area contributed by atoms with Crippen LogP contribution in [0.5, 0.6) is 5.88 Å². The van der Waals surface area contributed by atoms with Gasteiger partial charge < -0.3 is 10.5 Å². The number of anilines is 1. The van der Waals surface area contributed by atoms with Crippen molar-refractivity contribution < 1.29 is 4.74 Å². The van der Waals surface area contributed by atoms with E-state index in [0.29, 0.717) is 11.7 Å². The molecule has 0 atom stereocenters. The molecule has 96 valence electrons. The fraction of sp³-hybridized carbons (Fsp3) is 0.143. The van der Waals surface area contributed by atoms with Gasteiger partial charge in [0.1, 0.15) is 5.82 Å². The molecule has 2 aromatic heterocycles.